The molecule has 1 aromatic carbocycles. The standard InChI is InChI=1S/C15H18O3/c1-3-4-5-6-11-9-18-15-10(2)13(16)8-7-12(15)14(11)17/h7-9,16H,3-6H2,1-2H3. The molecule has 0 atom stereocenters. The van der Waals surface area contributed by atoms with E-state index in [0.29, 0.717) is 16.5 Å². The molecular formula is C15H18O3. The molecule has 0 aliphatic heterocycles. The van der Waals surface area contributed by atoms with Crippen molar-refractivity contribution in [3.63, 3.8) is 0 Å². The van der Waals surface area contributed by atoms with Gasteiger partial charge in [0.2, 0.25) is 0 Å². The average Bonchev–Trinajstić information content (AvgIpc) is 2.37. The van der Waals surface area contributed by atoms with E-state index in [1.54, 1.807) is 19.1 Å². The van der Waals surface area contributed by atoms with Crippen molar-refractivity contribution >= 4 is 11.0 Å². The second kappa shape index (κ2) is 5.25. The number of phenolic OH excluding ortho intramolecular Hbond substituents is 1. The van der Waals surface area contributed by atoms with E-state index < -0.39 is 0 Å². The predicted octanol–water partition coefficient (Wildman–Crippen LogP) is 3.54. The summed E-state index contributed by atoms with van der Waals surface area (Å²) in [6, 6.07) is 3.18. The number of phenols is 1. The second-order valence-corrected chi connectivity index (χ2v) is 4.63. The summed E-state index contributed by atoms with van der Waals surface area (Å²) >= 11 is 0. The Morgan fingerprint density at radius 2 is 2.06 bits per heavy atom. The van der Waals surface area contributed by atoms with Gasteiger partial charge in [-0.15, -0.1) is 0 Å². The van der Waals surface area contributed by atoms with E-state index in [-0.39, 0.29) is 11.2 Å². The van der Waals surface area contributed by atoms with Crippen LogP contribution in [0.3, 0.4) is 0 Å². The van der Waals surface area contributed by atoms with Crippen LogP contribution < -0.4 is 5.43 Å². The molecule has 1 aromatic heterocycles. The zero-order chi connectivity index (χ0) is 13.1. The first-order chi connectivity index (χ1) is 8.65. The smallest absolute Gasteiger partial charge is 0.195 e. The lowest BCUT2D eigenvalue weighted by atomic mass is 10.1. The minimum Gasteiger partial charge on any atom is -0.508 e. The Balaban J connectivity index is 2.45. The van der Waals surface area contributed by atoms with Gasteiger partial charge >= 0.3 is 0 Å². The van der Waals surface area contributed by atoms with Crippen molar-refractivity contribution in [1.29, 1.82) is 0 Å². The van der Waals surface area contributed by atoms with Gasteiger partial charge in [-0.1, -0.05) is 19.8 Å². The van der Waals surface area contributed by atoms with E-state index in [2.05, 4.69) is 6.92 Å². The molecule has 0 spiro atoms. The Labute approximate surface area is 106 Å². The van der Waals surface area contributed by atoms with Crippen LogP contribution in [0.5, 0.6) is 5.75 Å². The van der Waals surface area contributed by atoms with Crippen LogP contribution in [0, 0.1) is 6.92 Å². The summed E-state index contributed by atoms with van der Waals surface area (Å²) < 4.78 is 5.51. The summed E-state index contributed by atoms with van der Waals surface area (Å²) in [5, 5.41) is 10.1. The molecule has 3 nitrogen and oxygen atoms in total. The highest BCUT2D eigenvalue weighted by Gasteiger charge is 2.10. The summed E-state index contributed by atoms with van der Waals surface area (Å²) in [6.07, 6.45) is 5.54. The first-order valence-corrected chi connectivity index (χ1v) is 6.38. The molecule has 2 aromatic rings. The van der Waals surface area contributed by atoms with Gasteiger partial charge in [0, 0.05) is 11.1 Å². The number of hydrogen-bond acceptors (Lipinski definition) is 3. The first-order valence-electron chi connectivity index (χ1n) is 6.38. The van der Waals surface area contributed by atoms with Gasteiger partial charge in [0.05, 0.1) is 11.6 Å². The van der Waals surface area contributed by atoms with Gasteiger partial charge in [-0.2, -0.15) is 0 Å². The van der Waals surface area contributed by atoms with Gasteiger partial charge < -0.3 is 9.52 Å². The maximum Gasteiger partial charge on any atom is 0.195 e. The fraction of sp³-hybridized carbons (Fsp3) is 0.400. The fourth-order valence-electron chi connectivity index (χ4n) is 2.11. The van der Waals surface area contributed by atoms with Gasteiger partial charge in [0.1, 0.15) is 11.3 Å². The van der Waals surface area contributed by atoms with Crippen molar-refractivity contribution in [1.82, 2.24) is 0 Å². The lowest BCUT2D eigenvalue weighted by Crippen LogP contribution is -2.09. The molecule has 1 N–H and O–H groups in total. The number of aromatic hydroxyl groups is 1. The van der Waals surface area contributed by atoms with E-state index in [1.807, 2.05) is 0 Å². The normalized spacial score (nSPS) is 11.0. The summed E-state index contributed by atoms with van der Waals surface area (Å²) in [6.45, 7) is 3.88. The number of hydrogen-bond donors (Lipinski definition) is 1. The Kier molecular flexibility index (Phi) is 3.70. The third-order valence-electron chi connectivity index (χ3n) is 3.28. The molecule has 96 valence electrons. The van der Waals surface area contributed by atoms with Gasteiger partial charge in [-0.25, -0.2) is 0 Å². The lowest BCUT2D eigenvalue weighted by Gasteiger charge is -2.05. The third-order valence-corrected chi connectivity index (χ3v) is 3.28. The monoisotopic (exact) mass is 246 g/mol. The van der Waals surface area contributed by atoms with Crippen molar-refractivity contribution in [2.24, 2.45) is 0 Å². The Hall–Kier alpha value is -1.77. The minimum absolute atomic E-state index is 0.0236. The minimum atomic E-state index is 0.0236. The average molecular weight is 246 g/mol. The molecule has 2 rings (SSSR count). The van der Waals surface area contributed by atoms with E-state index in [1.165, 1.54) is 6.26 Å². The maximum atomic E-state index is 12.2. The van der Waals surface area contributed by atoms with Gasteiger partial charge in [0.15, 0.2) is 5.43 Å². The molecule has 0 saturated carbocycles. The molecule has 0 unspecified atom stereocenters. The highest BCUT2D eigenvalue weighted by Crippen LogP contribution is 2.24. The second-order valence-electron chi connectivity index (χ2n) is 4.63. The van der Waals surface area contributed by atoms with Crippen LogP contribution in [0.2, 0.25) is 0 Å². The predicted molar refractivity (Wildman–Crippen MR) is 72.1 cm³/mol. The lowest BCUT2D eigenvalue weighted by molar-refractivity contribution is 0.469. The first kappa shape index (κ1) is 12.7. The number of unbranched alkanes of at least 4 members (excludes halogenated alkanes) is 2. The summed E-state index contributed by atoms with van der Waals surface area (Å²) in [7, 11) is 0. The molecule has 0 saturated heterocycles. The molecule has 0 aliphatic rings. The maximum absolute atomic E-state index is 12.2. The third kappa shape index (κ3) is 2.26. The largest absolute Gasteiger partial charge is 0.508 e. The Morgan fingerprint density at radius 1 is 1.28 bits per heavy atom. The van der Waals surface area contributed by atoms with Crippen LogP contribution in [0.4, 0.5) is 0 Å². The molecule has 1 heterocycles. The van der Waals surface area contributed by atoms with Crippen molar-refractivity contribution in [3.05, 3.63) is 39.7 Å². The Bertz CT molecular complexity index is 611. The van der Waals surface area contributed by atoms with Crippen molar-refractivity contribution in [2.45, 2.75) is 39.5 Å². The van der Waals surface area contributed by atoms with E-state index in [0.717, 1.165) is 31.2 Å². The molecule has 3 heteroatoms. The molecule has 18 heavy (non-hydrogen) atoms. The zero-order valence-corrected chi connectivity index (χ0v) is 10.8. The van der Waals surface area contributed by atoms with Gasteiger partial charge in [-0.05, 0) is 31.9 Å². The van der Waals surface area contributed by atoms with Crippen molar-refractivity contribution < 1.29 is 9.52 Å². The molecule has 0 aliphatic carbocycles. The number of aryl methyl sites for hydroxylation is 2. The van der Waals surface area contributed by atoms with Crippen LogP contribution in [0.15, 0.2) is 27.6 Å². The van der Waals surface area contributed by atoms with E-state index in [9.17, 15) is 9.90 Å². The number of fused-ring (bicyclic) bond motifs is 1. The molecule has 0 fully saturated rings. The van der Waals surface area contributed by atoms with Gasteiger partial charge in [-0.3, -0.25) is 4.79 Å². The fourth-order valence-corrected chi connectivity index (χ4v) is 2.11. The van der Waals surface area contributed by atoms with Crippen LogP contribution in [-0.2, 0) is 6.42 Å². The van der Waals surface area contributed by atoms with Crippen molar-refractivity contribution in [3.8, 4) is 5.75 Å². The number of benzene rings is 1. The van der Waals surface area contributed by atoms with E-state index in [4.69, 9.17) is 4.42 Å². The van der Waals surface area contributed by atoms with Crippen LogP contribution in [0.25, 0.3) is 11.0 Å². The molecule has 0 bridgehead atoms. The van der Waals surface area contributed by atoms with Crippen molar-refractivity contribution in [2.75, 3.05) is 0 Å². The number of rotatable bonds is 4. The molecule has 0 radical (unpaired) electrons. The highest BCUT2D eigenvalue weighted by molar-refractivity contribution is 5.82. The highest BCUT2D eigenvalue weighted by atomic mass is 16.3. The summed E-state index contributed by atoms with van der Waals surface area (Å²) in [5.41, 5.74) is 1.85. The molecular weight excluding hydrogens is 228 g/mol. The topological polar surface area (TPSA) is 50.4 Å². The van der Waals surface area contributed by atoms with Crippen LogP contribution in [0.1, 0.15) is 37.3 Å². The van der Waals surface area contributed by atoms with Gasteiger partial charge in [0.25, 0.3) is 0 Å². The van der Waals surface area contributed by atoms with Crippen LogP contribution in [-0.4, -0.2) is 5.11 Å². The Morgan fingerprint density at radius 3 is 2.78 bits per heavy atom. The summed E-state index contributed by atoms with van der Waals surface area (Å²) in [4.78, 5) is 12.2. The quantitative estimate of drug-likeness (QED) is 0.839. The summed E-state index contributed by atoms with van der Waals surface area (Å²) in [5.74, 6) is 0.157. The zero-order valence-electron chi connectivity index (χ0n) is 10.8. The molecule has 0 amide bonds. The van der Waals surface area contributed by atoms with Crippen LogP contribution >= 0.6 is 0 Å². The van der Waals surface area contributed by atoms with E-state index >= 15 is 0 Å². The SMILES string of the molecule is CCCCCc1coc2c(C)c(O)ccc2c1=O.